The van der Waals surface area contributed by atoms with E-state index in [4.69, 9.17) is 25.8 Å². The maximum Gasteiger partial charge on any atom is 0.258 e. The number of rotatable bonds is 11. The fraction of sp³-hybridized carbons (Fsp3) is 0.310. The van der Waals surface area contributed by atoms with Gasteiger partial charge in [-0.2, -0.15) is 0 Å². The summed E-state index contributed by atoms with van der Waals surface area (Å²) in [5.74, 6) is 1.62. The van der Waals surface area contributed by atoms with E-state index in [1.807, 2.05) is 42.5 Å². The molecule has 0 aromatic heterocycles. The average molecular weight is 523 g/mol. The number of benzene rings is 3. The van der Waals surface area contributed by atoms with Crippen molar-refractivity contribution in [3.63, 3.8) is 0 Å². The lowest BCUT2D eigenvalue weighted by Gasteiger charge is -2.29. The Hall–Kier alpha value is -3.71. The lowest BCUT2D eigenvalue weighted by Crippen LogP contribution is -2.45. The summed E-state index contributed by atoms with van der Waals surface area (Å²) >= 11 is 5.85. The van der Waals surface area contributed by atoms with E-state index in [9.17, 15) is 9.59 Å². The first-order valence-electron chi connectivity index (χ1n) is 12.4. The summed E-state index contributed by atoms with van der Waals surface area (Å²) in [6.45, 7) is 0.394. The second kappa shape index (κ2) is 13.6. The number of carbonyl (C=O) groups excluding carboxylic acids is 2. The molecule has 1 fully saturated rings. The third kappa shape index (κ3) is 9.03. The minimum atomic E-state index is -0.160. The van der Waals surface area contributed by atoms with Crippen LogP contribution in [0.2, 0.25) is 5.02 Å². The molecule has 1 aliphatic carbocycles. The molecule has 0 atom stereocenters. The molecule has 0 heterocycles. The molecule has 1 aliphatic rings. The summed E-state index contributed by atoms with van der Waals surface area (Å²) in [6.07, 6.45) is 3.18. The van der Waals surface area contributed by atoms with Gasteiger partial charge in [-0.15, -0.1) is 0 Å². The Kier molecular flexibility index (Phi) is 9.66. The SMILES string of the molecule is O=C(COc1ccc(Cl)cc1)N[C@H]1CC[C@H](NC(=O)COc2ccc(OCc3ccccc3)cc2)CC1. The summed E-state index contributed by atoms with van der Waals surface area (Å²) < 4.78 is 16.9. The molecule has 1 saturated carbocycles. The van der Waals surface area contributed by atoms with Crippen LogP contribution in [0.1, 0.15) is 31.2 Å². The maximum absolute atomic E-state index is 12.4. The highest BCUT2D eigenvalue weighted by molar-refractivity contribution is 6.30. The van der Waals surface area contributed by atoms with Gasteiger partial charge in [0.05, 0.1) is 0 Å². The van der Waals surface area contributed by atoms with Crippen molar-refractivity contribution in [2.75, 3.05) is 13.2 Å². The van der Waals surface area contributed by atoms with Crippen molar-refractivity contribution in [3.05, 3.63) is 89.4 Å². The van der Waals surface area contributed by atoms with Crippen molar-refractivity contribution >= 4 is 23.4 Å². The smallest absolute Gasteiger partial charge is 0.258 e. The fourth-order valence-corrected chi connectivity index (χ4v) is 4.25. The van der Waals surface area contributed by atoms with Gasteiger partial charge in [0.2, 0.25) is 0 Å². The van der Waals surface area contributed by atoms with Crippen LogP contribution >= 0.6 is 11.6 Å². The van der Waals surface area contributed by atoms with Crippen LogP contribution in [0.15, 0.2) is 78.9 Å². The van der Waals surface area contributed by atoms with Gasteiger partial charge < -0.3 is 24.8 Å². The molecule has 0 bridgehead atoms. The molecule has 0 spiro atoms. The Morgan fingerprint density at radius 1 is 0.649 bits per heavy atom. The largest absolute Gasteiger partial charge is 0.489 e. The van der Waals surface area contributed by atoms with Gasteiger partial charge in [0.1, 0.15) is 23.9 Å². The third-order valence-corrected chi connectivity index (χ3v) is 6.33. The van der Waals surface area contributed by atoms with Gasteiger partial charge >= 0.3 is 0 Å². The Morgan fingerprint density at radius 3 is 1.57 bits per heavy atom. The number of carbonyl (C=O) groups is 2. The standard InChI is InChI=1S/C29H31ClN2O5/c30-22-6-12-25(13-7-22)36-19-28(33)31-23-8-10-24(11-9-23)32-29(34)20-37-27-16-14-26(15-17-27)35-18-21-4-2-1-3-5-21/h1-7,12-17,23-24H,8-11,18-20H2,(H,31,33)(H,32,34)/t23-,24-. The molecule has 8 heteroatoms. The molecule has 2 N–H and O–H groups in total. The first-order chi connectivity index (χ1) is 18.0. The highest BCUT2D eigenvalue weighted by Gasteiger charge is 2.23. The molecule has 0 unspecified atom stereocenters. The van der Waals surface area contributed by atoms with Crippen LogP contribution in [0.25, 0.3) is 0 Å². The first kappa shape index (κ1) is 26.4. The number of amides is 2. The van der Waals surface area contributed by atoms with Crippen LogP contribution in [-0.2, 0) is 16.2 Å². The molecule has 0 aliphatic heterocycles. The van der Waals surface area contributed by atoms with E-state index in [0.29, 0.717) is 23.1 Å². The van der Waals surface area contributed by atoms with Crippen LogP contribution in [0, 0.1) is 0 Å². The van der Waals surface area contributed by atoms with Gasteiger partial charge in [-0.1, -0.05) is 41.9 Å². The predicted molar refractivity (Wildman–Crippen MR) is 142 cm³/mol. The molecule has 4 rings (SSSR count). The second-order valence-corrected chi connectivity index (χ2v) is 9.40. The van der Waals surface area contributed by atoms with E-state index in [1.165, 1.54) is 0 Å². The Labute approximate surface area is 222 Å². The summed E-state index contributed by atoms with van der Waals surface area (Å²) in [6, 6.07) is 24.2. The quantitative estimate of drug-likeness (QED) is 0.373. The van der Waals surface area contributed by atoms with Crippen molar-refractivity contribution in [2.24, 2.45) is 0 Å². The lowest BCUT2D eigenvalue weighted by atomic mass is 9.91. The molecule has 0 radical (unpaired) electrons. The molecule has 7 nitrogen and oxygen atoms in total. The van der Waals surface area contributed by atoms with Crippen LogP contribution in [-0.4, -0.2) is 37.1 Å². The van der Waals surface area contributed by atoms with Crippen molar-refractivity contribution in [3.8, 4) is 17.2 Å². The Bertz CT molecular complexity index is 1130. The summed E-state index contributed by atoms with van der Waals surface area (Å²) in [4.78, 5) is 24.6. The number of ether oxygens (including phenoxy) is 3. The molecule has 194 valence electrons. The summed E-state index contributed by atoms with van der Waals surface area (Å²) in [5.41, 5.74) is 1.10. The number of halogens is 1. The predicted octanol–water partition coefficient (Wildman–Crippen LogP) is 4.92. The van der Waals surface area contributed by atoms with E-state index >= 15 is 0 Å². The van der Waals surface area contributed by atoms with Gasteiger partial charge in [0.25, 0.3) is 11.8 Å². The van der Waals surface area contributed by atoms with E-state index < -0.39 is 0 Å². The van der Waals surface area contributed by atoms with Crippen molar-refractivity contribution < 1.29 is 23.8 Å². The topological polar surface area (TPSA) is 85.9 Å². The molecule has 3 aromatic rings. The molecule has 2 amide bonds. The monoisotopic (exact) mass is 522 g/mol. The third-order valence-electron chi connectivity index (χ3n) is 6.08. The van der Waals surface area contributed by atoms with Crippen LogP contribution < -0.4 is 24.8 Å². The van der Waals surface area contributed by atoms with Gasteiger partial charge in [-0.3, -0.25) is 9.59 Å². The number of hydrogen-bond acceptors (Lipinski definition) is 5. The Balaban J connectivity index is 1.09. The minimum absolute atomic E-state index is 0.0459. The van der Waals surface area contributed by atoms with Gasteiger partial charge in [0.15, 0.2) is 13.2 Å². The average Bonchev–Trinajstić information content (AvgIpc) is 2.93. The zero-order valence-electron chi connectivity index (χ0n) is 20.5. The number of hydrogen-bond donors (Lipinski definition) is 2. The molecule has 0 saturated heterocycles. The first-order valence-corrected chi connectivity index (χ1v) is 12.8. The molecular weight excluding hydrogens is 492 g/mol. The van der Waals surface area contributed by atoms with Crippen molar-refractivity contribution in [1.82, 2.24) is 10.6 Å². The van der Waals surface area contributed by atoms with Crippen LogP contribution in [0.4, 0.5) is 0 Å². The normalized spacial score (nSPS) is 16.9. The summed E-state index contributed by atoms with van der Waals surface area (Å²) in [7, 11) is 0. The second-order valence-electron chi connectivity index (χ2n) is 8.96. The number of nitrogens with one attached hydrogen (secondary N) is 2. The van der Waals surface area contributed by atoms with Crippen molar-refractivity contribution in [2.45, 2.75) is 44.4 Å². The molecule has 37 heavy (non-hydrogen) atoms. The van der Waals surface area contributed by atoms with Crippen molar-refractivity contribution in [1.29, 1.82) is 0 Å². The highest BCUT2D eigenvalue weighted by atomic mass is 35.5. The van der Waals surface area contributed by atoms with Gasteiger partial charge in [-0.05, 0) is 79.8 Å². The zero-order chi connectivity index (χ0) is 25.9. The fourth-order valence-electron chi connectivity index (χ4n) is 4.12. The van der Waals surface area contributed by atoms with E-state index in [1.54, 1.807) is 36.4 Å². The van der Waals surface area contributed by atoms with Gasteiger partial charge in [0, 0.05) is 17.1 Å². The van der Waals surface area contributed by atoms with Crippen LogP contribution in [0.5, 0.6) is 17.2 Å². The lowest BCUT2D eigenvalue weighted by molar-refractivity contribution is -0.125. The summed E-state index contributed by atoms with van der Waals surface area (Å²) in [5, 5.41) is 6.65. The van der Waals surface area contributed by atoms with E-state index in [-0.39, 0.29) is 37.1 Å². The van der Waals surface area contributed by atoms with E-state index in [2.05, 4.69) is 10.6 Å². The van der Waals surface area contributed by atoms with Gasteiger partial charge in [-0.25, -0.2) is 0 Å². The molecule has 3 aromatic carbocycles. The van der Waals surface area contributed by atoms with E-state index in [0.717, 1.165) is 37.0 Å². The maximum atomic E-state index is 12.4. The Morgan fingerprint density at radius 2 is 1.08 bits per heavy atom. The molecular formula is C29H31ClN2O5. The zero-order valence-corrected chi connectivity index (χ0v) is 21.3. The highest BCUT2D eigenvalue weighted by Crippen LogP contribution is 2.21. The van der Waals surface area contributed by atoms with Crippen LogP contribution in [0.3, 0.4) is 0 Å². The minimum Gasteiger partial charge on any atom is -0.489 e.